The van der Waals surface area contributed by atoms with Crippen molar-refractivity contribution < 1.29 is 0 Å². The Labute approximate surface area is 154 Å². The van der Waals surface area contributed by atoms with Gasteiger partial charge in [-0.25, -0.2) is 0 Å². The Balaban J connectivity index is 2.67. The zero-order valence-corrected chi connectivity index (χ0v) is 17.7. The first-order valence-corrected chi connectivity index (χ1v) is 9.26. The topological polar surface area (TPSA) is 98.3 Å². The van der Waals surface area contributed by atoms with Crippen molar-refractivity contribution in [3.05, 3.63) is 0 Å². The Bertz CT molecular complexity index is 494. The number of nitrogens with one attached hydrogen (secondary N) is 4. The monoisotopic (exact) mass is 352 g/mol. The van der Waals surface area contributed by atoms with Crippen molar-refractivity contribution in [2.75, 3.05) is 0 Å². The quantitative estimate of drug-likeness (QED) is 0.398. The van der Waals surface area contributed by atoms with Gasteiger partial charge in [0.25, 0.3) is 0 Å². The number of nitrogens with two attached hydrogens (primary N) is 1. The minimum absolute atomic E-state index is 0.0297. The van der Waals surface area contributed by atoms with E-state index in [1.54, 1.807) is 0 Å². The molecule has 6 N–H and O–H groups in total. The fourth-order valence-corrected chi connectivity index (χ4v) is 4.52. The van der Waals surface area contributed by atoms with E-state index in [1.807, 2.05) is 0 Å². The molecule has 1 heterocycles. The third kappa shape index (κ3) is 8.56. The lowest BCUT2D eigenvalue weighted by molar-refractivity contribution is 0.155. The van der Waals surface area contributed by atoms with Crippen LogP contribution in [0.25, 0.3) is 0 Å². The number of hydrogen-bond donors (Lipinski definition) is 5. The summed E-state index contributed by atoms with van der Waals surface area (Å²) in [6.07, 6.45) is 2.84. The summed E-state index contributed by atoms with van der Waals surface area (Å²) in [5, 5.41) is 18.3. The van der Waals surface area contributed by atoms with E-state index in [-0.39, 0.29) is 34.0 Å². The van der Waals surface area contributed by atoms with Gasteiger partial charge in [0.2, 0.25) is 5.96 Å². The van der Waals surface area contributed by atoms with Crippen LogP contribution in [0.3, 0.4) is 0 Å². The molecule has 0 aromatic carbocycles. The number of hydrogen-bond acceptors (Lipinski definition) is 2. The first-order chi connectivity index (χ1) is 11.0. The van der Waals surface area contributed by atoms with E-state index < -0.39 is 0 Å². The van der Waals surface area contributed by atoms with Crippen molar-refractivity contribution >= 4 is 11.9 Å². The molecule has 0 aliphatic carbocycles. The third-order valence-corrected chi connectivity index (χ3v) is 4.20. The summed E-state index contributed by atoms with van der Waals surface area (Å²) in [6.45, 7) is 19.6. The Morgan fingerprint density at radius 3 is 2.04 bits per heavy atom. The molecule has 0 amide bonds. The van der Waals surface area contributed by atoms with Crippen LogP contribution in [-0.2, 0) is 0 Å². The van der Waals surface area contributed by atoms with E-state index in [0.717, 1.165) is 19.3 Å². The third-order valence-electron chi connectivity index (χ3n) is 4.20. The van der Waals surface area contributed by atoms with Crippen LogP contribution < -0.4 is 21.7 Å². The molecular weight excluding hydrogens is 312 g/mol. The second-order valence-electron chi connectivity index (χ2n) is 10.7. The van der Waals surface area contributed by atoms with Gasteiger partial charge >= 0.3 is 0 Å². The van der Waals surface area contributed by atoms with Crippen molar-refractivity contribution in [1.29, 1.82) is 5.41 Å². The van der Waals surface area contributed by atoms with Gasteiger partial charge in [0.05, 0.1) is 0 Å². The van der Waals surface area contributed by atoms with Gasteiger partial charge in [-0.2, -0.15) is 4.99 Å². The van der Waals surface area contributed by atoms with E-state index >= 15 is 0 Å². The fourth-order valence-electron chi connectivity index (χ4n) is 4.52. The summed E-state index contributed by atoms with van der Waals surface area (Å²) >= 11 is 0. The van der Waals surface area contributed by atoms with Crippen LogP contribution in [0.15, 0.2) is 4.99 Å². The molecule has 0 unspecified atom stereocenters. The van der Waals surface area contributed by atoms with Crippen LogP contribution in [0.2, 0.25) is 0 Å². The molecule has 0 spiro atoms. The lowest BCUT2D eigenvalue weighted by Gasteiger charge is -2.46. The molecular formula is C19H40N6. The van der Waals surface area contributed by atoms with E-state index in [9.17, 15) is 0 Å². The summed E-state index contributed by atoms with van der Waals surface area (Å²) in [7, 11) is 0. The van der Waals surface area contributed by atoms with E-state index in [2.05, 4.69) is 83.3 Å². The number of rotatable bonds is 3. The average Bonchev–Trinajstić information content (AvgIpc) is 2.16. The van der Waals surface area contributed by atoms with Crippen molar-refractivity contribution in [2.24, 2.45) is 16.1 Å². The summed E-state index contributed by atoms with van der Waals surface area (Å²) in [4.78, 5) is 4.22. The highest BCUT2D eigenvalue weighted by molar-refractivity contribution is 5.93. The minimum Gasteiger partial charge on any atom is -0.370 e. The van der Waals surface area contributed by atoms with Crippen molar-refractivity contribution in [2.45, 2.75) is 104 Å². The predicted octanol–water partition coefficient (Wildman–Crippen LogP) is 2.94. The maximum absolute atomic E-state index is 8.16. The zero-order chi connectivity index (χ0) is 19.7. The summed E-state index contributed by atoms with van der Waals surface area (Å²) in [6, 6.07) is 0.206. The fraction of sp³-hybridized carbons (Fsp3) is 0.895. The molecule has 1 aliphatic rings. The van der Waals surface area contributed by atoms with Crippen LogP contribution in [-0.4, -0.2) is 34.6 Å². The van der Waals surface area contributed by atoms with E-state index in [1.165, 1.54) is 0 Å². The summed E-state index contributed by atoms with van der Waals surface area (Å²) < 4.78 is 0. The molecule has 0 bridgehead atoms. The van der Waals surface area contributed by atoms with E-state index in [4.69, 9.17) is 11.1 Å². The predicted molar refractivity (Wildman–Crippen MR) is 108 cm³/mol. The lowest BCUT2D eigenvalue weighted by atomic mass is 9.80. The van der Waals surface area contributed by atoms with Crippen LogP contribution >= 0.6 is 0 Å². The van der Waals surface area contributed by atoms with Gasteiger partial charge in [-0.3, -0.25) is 5.41 Å². The van der Waals surface area contributed by atoms with E-state index in [0.29, 0.717) is 5.96 Å². The molecule has 0 aromatic heterocycles. The van der Waals surface area contributed by atoms with Crippen molar-refractivity contribution in [1.82, 2.24) is 16.0 Å². The lowest BCUT2D eigenvalue weighted by Crippen LogP contribution is -2.62. The molecule has 146 valence electrons. The molecule has 1 rings (SSSR count). The average molecular weight is 353 g/mol. The number of aliphatic imine (C=N–C) groups is 1. The highest BCUT2D eigenvalue weighted by Gasteiger charge is 2.37. The largest absolute Gasteiger partial charge is 0.370 e. The molecule has 1 aliphatic heterocycles. The van der Waals surface area contributed by atoms with Gasteiger partial charge in [-0.1, -0.05) is 20.8 Å². The molecule has 0 atom stereocenters. The molecule has 1 fully saturated rings. The van der Waals surface area contributed by atoms with Crippen LogP contribution in [0, 0.1) is 10.8 Å². The van der Waals surface area contributed by atoms with Crippen molar-refractivity contribution in [3.8, 4) is 0 Å². The number of guanidine groups is 2. The second kappa shape index (κ2) is 7.14. The first-order valence-electron chi connectivity index (χ1n) is 9.26. The summed E-state index contributed by atoms with van der Waals surface area (Å²) in [5.74, 6) is 0.411. The molecule has 6 heteroatoms. The second-order valence-corrected chi connectivity index (χ2v) is 10.7. The SMILES string of the molecule is CC(C)(C)CC(C)(C)N/C(N)=N/C(=N)NC1CC(C)(C)NC(C)(C)C1. The molecule has 0 saturated carbocycles. The van der Waals surface area contributed by atoms with Gasteiger partial charge in [0, 0.05) is 22.7 Å². The van der Waals surface area contributed by atoms with Crippen LogP contribution in [0.1, 0.15) is 81.6 Å². The molecule has 6 nitrogen and oxygen atoms in total. The maximum atomic E-state index is 8.16. The number of nitrogens with zero attached hydrogens (tertiary/aromatic N) is 1. The molecule has 25 heavy (non-hydrogen) atoms. The zero-order valence-electron chi connectivity index (χ0n) is 17.7. The summed E-state index contributed by atoms with van der Waals surface area (Å²) in [5.41, 5.74) is 6.11. The smallest absolute Gasteiger partial charge is 0.218 e. The molecule has 1 saturated heterocycles. The highest BCUT2D eigenvalue weighted by Crippen LogP contribution is 2.28. The van der Waals surface area contributed by atoms with Crippen molar-refractivity contribution in [3.63, 3.8) is 0 Å². The molecule has 0 radical (unpaired) electrons. The van der Waals surface area contributed by atoms with Crippen LogP contribution in [0.5, 0.6) is 0 Å². The normalized spacial score (nSPS) is 21.7. The Hall–Kier alpha value is -1.30. The standard InChI is InChI=1S/C19H40N6/c1-16(2,3)12-19(8,9)24-15(21)23-14(20)22-13-10-17(4,5)25-18(6,7)11-13/h13,25H,10-12H2,1-9H3,(H5,20,21,22,23,24). The maximum Gasteiger partial charge on any atom is 0.218 e. The van der Waals surface area contributed by atoms with Gasteiger partial charge in [0.15, 0.2) is 5.96 Å². The number of piperidine rings is 1. The van der Waals surface area contributed by atoms with Crippen LogP contribution in [0.4, 0.5) is 0 Å². The first kappa shape index (κ1) is 21.7. The van der Waals surface area contributed by atoms with Gasteiger partial charge in [-0.15, -0.1) is 0 Å². The Morgan fingerprint density at radius 2 is 1.60 bits per heavy atom. The van der Waals surface area contributed by atoms with Gasteiger partial charge < -0.3 is 21.7 Å². The highest BCUT2D eigenvalue weighted by atomic mass is 15.2. The van der Waals surface area contributed by atoms with Gasteiger partial charge in [-0.05, 0) is 66.2 Å². The van der Waals surface area contributed by atoms with Gasteiger partial charge in [0.1, 0.15) is 0 Å². The Morgan fingerprint density at radius 1 is 1.12 bits per heavy atom. The minimum atomic E-state index is -0.176. The molecule has 0 aromatic rings. The Kier molecular flexibility index (Phi) is 6.21.